The Bertz CT molecular complexity index is 514. The summed E-state index contributed by atoms with van der Waals surface area (Å²) < 4.78 is 5.31. The molecule has 0 heterocycles. The Morgan fingerprint density at radius 3 is 2.45 bits per heavy atom. The lowest BCUT2D eigenvalue weighted by Gasteiger charge is -2.17. The quantitative estimate of drug-likeness (QED) is 0.662. The number of hydrogen-bond donors (Lipinski definition) is 1. The molecule has 1 fully saturated rings. The topological polar surface area (TPSA) is 55.4 Å². The summed E-state index contributed by atoms with van der Waals surface area (Å²) in [6.45, 7) is 3.62. The number of esters is 1. The first-order valence-electron chi connectivity index (χ1n) is 6.77. The van der Waals surface area contributed by atoms with Gasteiger partial charge in [-0.25, -0.2) is 4.79 Å². The number of amides is 1. The highest BCUT2D eigenvalue weighted by atomic mass is 16.5. The van der Waals surface area contributed by atoms with Crippen LogP contribution in [-0.2, 0) is 14.3 Å². The van der Waals surface area contributed by atoms with E-state index in [1.165, 1.54) is 6.08 Å². The molecular weight excluding hydrogens is 254 g/mol. The molecule has 1 aromatic rings. The number of carbonyl (C=O) groups excluding carboxylic acids is 2. The van der Waals surface area contributed by atoms with E-state index in [2.05, 4.69) is 5.32 Å². The Kier molecular flexibility index (Phi) is 4.56. The first-order valence-corrected chi connectivity index (χ1v) is 6.77. The van der Waals surface area contributed by atoms with Gasteiger partial charge in [0.1, 0.15) is 0 Å². The van der Waals surface area contributed by atoms with E-state index in [-0.39, 0.29) is 11.9 Å². The largest absolute Gasteiger partial charge is 0.444 e. The van der Waals surface area contributed by atoms with E-state index in [0.29, 0.717) is 5.56 Å². The molecular formula is C16H19NO3. The molecule has 1 aromatic carbocycles. The highest BCUT2D eigenvalue weighted by Gasteiger charge is 2.30. The van der Waals surface area contributed by atoms with Gasteiger partial charge in [-0.2, -0.15) is 0 Å². The zero-order valence-corrected chi connectivity index (χ0v) is 11.8. The lowest BCUT2D eigenvalue weighted by molar-refractivity contribution is -0.152. The van der Waals surface area contributed by atoms with Gasteiger partial charge in [0.25, 0.3) is 5.91 Å². The number of rotatable bonds is 5. The van der Waals surface area contributed by atoms with Crippen molar-refractivity contribution in [3.8, 4) is 0 Å². The van der Waals surface area contributed by atoms with E-state index in [9.17, 15) is 9.59 Å². The second-order valence-electron chi connectivity index (χ2n) is 5.23. The van der Waals surface area contributed by atoms with Crippen molar-refractivity contribution in [3.63, 3.8) is 0 Å². The molecule has 0 spiro atoms. The molecule has 106 valence electrons. The van der Waals surface area contributed by atoms with Crippen molar-refractivity contribution < 1.29 is 14.3 Å². The molecule has 1 aliphatic rings. The Hall–Kier alpha value is -2.10. The van der Waals surface area contributed by atoms with Crippen molar-refractivity contribution in [3.05, 3.63) is 47.5 Å². The summed E-state index contributed by atoms with van der Waals surface area (Å²) in [5.74, 6) is -0.751. The van der Waals surface area contributed by atoms with Crippen molar-refractivity contribution in [1.29, 1.82) is 0 Å². The van der Waals surface area contributed by atoms with Crippen LogP contribution in [0.5, 0.6) is 0 Å². The van der Waals surface area contributed by atoms with Gasteiger partial charge in [-0.1, -0.05) is 35.9 Å². The predicted octanol–water partition coefficient (Wildman–Crippen LogP) is 2.52. The highest BCUT2D eigenvalue weighted by Crippen LogP contribution is 2.23. The van der Waals surface area contributed by atoms with E-state index in [0.717, 1.165) is 18.4 Å². The van der Waals surface area contributed by atoms with Crippen LogP contribution in [0, 0.1) is 0 Å². The van der Waals surface area contributed by atoms with Gasteiger partial charge in [0.05, 0.1) is 0 Å². The molecule has 4 nitrogen and oxygen atoms in total. The van der Waals surface area contributed by atoms with Crippen molar-refractivity contribution in [2.75, 3.05) is 0 Å². The van der Waals surface area contributed by atoms with Gasteiger partial charge in [-0.05, 0) is 26.7 Å². The number of hydrogen-bond acceptors (Lipinski definition) is 3. The molecule has 1 saturated carbocycles. The summed E-state index contributed by atoms with van der Waals surface area (Å²) in [4.78, 5) is 24.0. The minimum atomic E-state index is -0.889. The molecule has 0 unspecified atom stereocenters. The van der Waals surface area contributed by atoms with Gasteiger partial charge < -0.3 is 10.1 Å². The van der Waals surface area contributed by atoms with Gasteiger partial charge >= 0.3 is 5.97 Å². The third-order valence-corrected chi connectivity index (χ3v) is 2.90. The second-order valence-corrected chi connectivity index (χ2v) is 5.23. The van der Waals surface area contributed by atoms with Crippen molar-refractivity contribution >= 4 is 11.9 Å². The standard InChI is InChI=1S/C16H19NO3/c1-11(2)10-14(18)20-15(12-6-4-3-5-7-12)16(19)17-13-8-9-13/h3-7,10,13,15H,8-9H2,1-2H3,(H,17,19)/t15-/m0/s1. The Morgan fingerprint density at radius 2 is 1.90 bits per heavy atom. The molecule has 0 radical (unpaired) electrons. The summed E-state index contributed by atoms with van der Waals surface area (Å²) in [6, 6.07) is 9.30. The second kappa shape index (κ2) is 6.37. The molecule has 20 heavy (non-hydrogen) atoms. The van der Waals surface area contributed by atoms with Crippen LogP contribution in [0.4, 0.5) is 0 Å². The summed E-state index contributed by atoms with van der Waals surface area (Å²) >= 11 is 0. The van der Waals surface area contributed by atoms with Crippen molar-refractivity contribution in [2.24, 2.45) is 0 Å². The van der Waals surface area contributed by atoms with Gasteiger partial charge in [-0.3, -0.25) is 4.79 Å². The Labute approximate surface area is 118 Å². The molecule has 0 aromatic heterocycles. The van der Waals surface area contributed by atoms with Crippen LogP contribution in [0.3, 0.4) is 0 Å². The summed E-state index contributed by atoms with van der Waals surface area (Å²) in [6.07, 6.45) is 2.49. The number of carbonyl (C=O) groups is 2. The zero-order chi connectivity index (χ0) is 14.5. The lowest BCUT2D eigenvalue weighted by Crippen LogP contribution is -2.33. The highest BCUT2D eigenvalue weighted by molar-refractivity contribution is 5.88. The zero-order valence-electron chi connectivity index (χ0n) is 11.8. The summed E-state index contributed by atoms with van der Waals surface area (Å²) in [7, 11) is 0. The number of nitrogens with one attached hydrogen (secondary N) is 1. The van der Waals surface area contributed by atoms with Crippen LogP contribution < -0.4 is 5.32 Å². The molecule has 0 aliphatic heterocycles. The number of benzene rings is 1. The minimum Gasteiger partial charge on any atom is -0.444 e. The lowest BCUT2D eigenvalue weighted by atomic mass is 10.1. The SMILES string of the molecule is CC(C)=CC(=O)O[C@H](C(=O)NC1CC1)c1ccccc1. The van der Waals surface area contributed by atoms with Crippen LogP contribution in [-0.4, -0.2) is 17.9 Å². The fourth-order valence-corrected chi connectivity index (χ4v) is 1.79. The Morgan fingerprint density at radius 1 is 1.25 bits per heavy atom. The molecule has 1 aliphatic carbocycles. The van der Waals surface area contributed by atoms with Gasteiger partial charge in [0.2, 0.25) is 6.10 Å². The normalized spacial score (nSPS) is 15.1. The van der Waals surface area contributed by atoms with E-state index < -0.39 is 12.1 Å². The van der Waals surface area contributed by atoms with E-state index in [1.54, 1.807) is 12.1 Å². The number of allylic oxidation sites excluding steroid dienone is 1. The van der Waals surface area contributed by atoms with Crippen LogP contribution in [0.25, 0.3) is 0 Å². The maximum Gasteiger partial charge on any atom is 0.331 e. The fourth-order valence-electron chi connectivity index (χ4n) is 1.79. The van der Waals surface area contributed by atoms with Gasteiger partial charge in [0, 0.05) is 17.7 Å². The van der Waals surface area contributed by atoms with Crippen LogP contribution in [0.2, 0.25) is 0 Å². The van der Waals surface area contributed by atoms with Crippen LogP contribution in [0.15, 0.2) is 42.0 Å². The summed E-state index contributed by atoms with van der Waals surface area (Å²) in [5.41, 5.74) is 1.52. The average Bonchev–Trinajstić information content (AvgIpc) is 3.20. The summed E-state index contributed by atoms with van der Waals surface area (Å²) in [5, 5.41) is 2.87. The molecule has 0 bridgehead atoms. The first-order chi connectivity index (χ1) is 9.56. The molecule has 1 amide bonds. The molecule has 1 atom stereocenters. The predicted molar refractivity (Wildman–Crippen MR) is 75.9 cm³/mol. The molecule has 2 rings (SSSR count). The van der Waals surface area contributed by atoms with E-state index in [1.807, 2.05) is 32.0 Å². The third-order valence-electron chi connectivity index (χ3n) is 2.90. The third kappa shape index (κ3) is 4.23. The van der Waals surface area contributed by atoms with Crippen LogP contribution in [0.1, 0.15) is 38.4 Å². The van der Waals surface area contributed by atoms with Crippen molar-refractivity contribution in [2.45, 2.75) is 38.8 Å². The van der Waals surface area contributed by atoms with Gasteiger partial charge in [-0.15, -0.1) is 0 Å². The monoisotopic (exact) mass is 273 g/mol. The first kappa shape index (κ1) is 14.3. The smallest absolute Gasteiger partial charge is 0.331 e. The van der Waals surface area contributed by atoms with E-state index >= 15 is 0 Å². The maximum absolute atomic E-state index is 12.2. The minimum absolute atomic E-state index is 0.232. The van der Waals surface area contributed by atoms with E-state index in [4.69, 9.17) is 4.74 Å². The average molecular weight is 273 g/mol. The fraction of sp³-hybridized carbons (Fsp3) is 0.375. The molecule has 0 saturated heterocycles. The van der Waals surface area contributed by atoms with Gasteiger partial charge in [0.15, 0.2) is 0 Å². The number of ether oxygens (including phenoxy) is 1. The van der Waals surface area contributed by atoms with Crippen LogP contribution >= 0.6 is 0 Å². The maximum atomic E-state index is 12.2. The van der Waals surface area contributed by atoms with Crippen molar-refractivity contribution in [1.82, 2.24) is 5.32 Å². The Balaban J connectivity index is 2.13. The molecule has 4 heteroatoms. The molecule has 1 N–H and O–H groups in total.